The molecule has 0 saturated heterocycles. The van der Waals surface area contributed by atoms with Gasteiger partial charge in [0.25, 0.3) is 0 Å². The van der Waals surface area contributed by atoms with Gasteiger partial charge in [0.2, 0.25) is 0 Å². The van der Waals surface area contributed by atoms with Gasteiger partial charge in [-0.2, -0.15) is 6.08 Å². The molecule has 0 radical (unpaired) electrons. The first-order chi connectivity index (χ1) is 24.0. The van der Waals surface area contributed by atoms with E-state index in [1.807, 2.05) is 12.2 Å². The molecule has 264 valence electrons. The van der Waals surface area contributed by atoms with E-state index in [1.54, 1.807) is 3.21 Å². The van der Waals surface area contributed by atoms with E-state index in [0.717, 1.165) is 19.3 Å². The monoisotopic (exact) mass is 796 g/mol. The van der Waals surface area contributed by atoms with Crippen LogP contribution in [0.3, 0.4) is 0 Å². The predicted molar refractivity (Wildman–Crippen MR) is 216 cm³/mol. The molecule has 0 nitrogen and oxygen atoms in total. The molecule has 0 heterocycles. The van der Waals surface area contributed by atoms with E-state index in [4.69, 9.17) is 0 Å². The molecular formula is C49H48Cl2Zr-2. The molecule has 8 rings (SSSR count). The van der Waals surface area contributed by atoms with E-state index in [-0.39, 0.29) is 35.6 Å². The first kappa shape index (κ1) is 41.3. The fourth-order valence-electron chi connectivity index (χ4n) is 6.69. The third-order valence-corrected chi connectivity index (χ3v) is 10.5. The van der Waals surface area contributed by atoms with Gasteiger partial charge < -0.3 is 24.8 Å². The van der Waals surface area contributed by atoms with Crippen molar-refractivity contribution in [3.8, 4) is 0 Å². The molecule has 0 aromatic heterocycles. The Morgan fingerprint density at radius 2 is 1.02 bits per heavy atom. The first-order valence-corrected chi connectivity index (χ1v) is 19.1. The van der Waals surface area contributed by atoms with Gasteiger partial charge in [-0.25, -0.2) is 12.2 Å². The van der Waals surface area contributed by atoms with Crippen LogP contribution < -0.4 is 24.8 Å². The van der Waals surface area contributed by atoms with Gasteiger partial charge in [0.1, 0.15) is 0 Å². The molecule has 3 heteroatoms. The van der Waals surface area contributed by atoms with Crippen LogP contribution in [-0.2, 0) is 47.9 Å². The topological polar surface area (TPSA) is 0 Å². The summed E-state index contributed by atoms with van der Waals surface area (Å²) in [6.07, 6.45) is 12.1. The summed E-state index contributed by atoms with van der Waals surface area (Å²) in [5.74, 6) is 0. The van der Waals surface area contributed by atoms with E-state index in [0.29, 0.717) is 0 Å². The minimum atomic E-state index is 0. The molecule has 0 unspecified atom stereocenters. The Hall–Kier alpha value is -3.48. The molecule has 52 heavy (non-hydrogen) atoms. The number of fused-ring (bicyclic) bond motifs is 5. The molecule has 0 fully saturated rings. The van der Waals surface area contributed by atoms with Crippen molar-refractivity contribution in [1.82, 2.24) is 0 Å². The summed E-state index contributed by atoms with van der Waals surface area (Å²) < 4.78 is 1.59. The van der Waals surface area contributed by atoms with Crippen LogP contribution in [0.2, 0.25) is 0 Å². The molecule has 0 N–H and O–H groups in total. The summed E-state index contributed by atoms with van der Waals surface area (Å²) in [7, 11) is 0. The quantitative estimate of drug-likeness (QED) is 0.167. The van der Waals surface area contributed by atoms with Gasteiger partial charge >= 0.3 is 158 Å². The van der Waals surface area contributed by atoms with Gasteiger partial charge in [0.05, 0.1) is 0 Å². The molecular weight excluding hydrogens is 751 g/mol. The maximum absolute atomic E-state index is 2.99. The number of hydrogen-bond acceptors (Lipinski definition) is 0. The average Bonchev–Trinajstić information content (AvgIpc) is 3.80. The fourth-order valence-corrected chi connectivity index (χ4v) is 7.62. The SMILES string of the molecule is CC(C)(C)c1ccc2[cH-]c3ccc(C(C)(C)C)cc3c2c1.[C-]1=CC=CC1.[Cl-].[Cl-].[Zr+2]=[C](Cc1cccc2ccccc12)Cc1cccc2ccccc12. The van der Waals surface area contributed by atoms with E-state index >= 15 is 0 Å². The summed E-state index contributed by atoms with van der Waals surface area (Å²) in [6.45, 7) is 13.7. The summed E-state index contributed by atoms with van der Waals surface area (Å²) >= 11 is 1.53. The van der Waals surface area contributed by atoms with E-state index in [9.17, 15) is 0 Å². The number of allylic oxidation sites excluding steroid dienone is 4. The molecule has 1 aliphatic carbocycles. The molecule has 0 bridgehead atoms. The number of hydrogen-bond donors (Lipinski definition) is 0. The second-order valence-corrected chi connectivity index (χ2v) is 17.2. The van der Waals surface area contributed by atoms with Gasteiger partial charge in [-0.15, -0.1) is 46.2 Å². The third-order valence-electron chi connectivity index (χ3n) is 9.59. The van der Waals surface area contributed by atoms with Crippen molar-refractivity contribution in [1.29, 1.82) is 0 Å². The Labute approximate surface area is 338 Å². The van der Waals surface area contributed by atoms with Crippen LogP contribution in [0.4, 0.5) is 0 Å². The van der Waals surface area contributed by atoms with Crippen molar-refractivity contribution < 1.29 is 49.0 Å². The normalized spacial score (nSPS) is 12.2. The van der Waals surface area contributed by atoms with Crippen molar-refractivity contribution in [3.63, 3.8) is 0 Å². The summed E-state index contributed by atoms with van der Waals surface area (Å²) in [6, 6.07) is 46.8. The molecule has 1 aliphatic rings. The van der Waals surface area contributed by atoms with Crippen LogP contribution >= 0.6 is 0 Å². The van der Waals surface area contributed by atoms with Crippen molar-refractivity contribution in [2.24, 2.45) is 0 Å². The van der Waals surface area contributed by atoms with Crippen molar-refractivity contribution in [2.75, 3.05) is 0 Å². The maximum atomic E-state index is 2.99. The van der Waals surface area contributed by atoms with Crippen LogP contribution in [-0.4, -0.2) is 3.21 Å². The Morgan fingerprint density at radius 3 is 1.40 bits per heavy atom. The molecule has 7 aromatic carbocycles. The van der Waals surface area contributed by atoms with Crippen LogP contribution in [0.15, 0.2) is 146 Å². The standard InChI is InChI=1S/C23H18.C21H25.C5H5.2ClH.Zr/c1-3-16-22-18(8-1)10-5-12-20(22)14-7-15-21-13-6-11-19-9-2-4-17-23(19)21;1-20(2,3)16-9-7-14-11-15-8-10-17(21(4,5)6)13-19(15)18(14)12-16;1-2-4-5-3-1;;;/h1-6,8-13,16-17H,14-15H2;7-13H,1-6H3;1-3H,4H2;2*1H;/q;2*-1;;;+2/p-2. The van der Waals surface area contributed by atoms with Crippen molar-refractivity contribution in [2.45, 2.75) is 71.6 Å². The second kappa shape index (κ2) is 18.0. The summed E-state index contributed by atoms with van der Waals surface area (Å²) in [4.78, 5) is 0. The number of rotatable bonds is 4. The molecule has 0 aliphatic heterocycles. The second-order valence-electron chi connectivity index (χ2n) is 15.5. The molecule has 0 saturated carbocycles. The van der Waals surface area contributed by atoms with E-state index in [2.05, 4.69) is 181 Å². The van der Waals surface area contributed by atoms with Gasteiger partial charge in [-0.05, 0) is 10.8 Å². The zero-order valence-electron chi connectivity index (χ0n) is 31.2. The Bertz CT molecular complexity index is 2170. The van der Waals surface area contributed by atoms with Gasteiger partial charge in [0.15, 0.2) is 0 Å². The number of halogens is 2. The minimum absolute atomic E-state index is 0. The molecule has 7 aromatic rings. The first-order valence-electron chi connectivity index (χ1n) is 17.8. The zero-order chi connectivity index (χ0) is 35.3. The van der Waals surface area contributed by atoms with E-state index in [1.165, 1.54) is 89.6 Å². The molecule has 0 spiro atoms. The van der Waals surface area contributed by atoms with E-state index < -0.39 is 0 Å². The molecule has 0 amide bonds. The van der Waals surface area contributed by atoms with Crippen LogP contribution in [0, 0.1) is 6.08 Å². The van der Waals surface area contributed by atoms with Gasteiger partial charge in [-0.1, -0.05) is 76.9 Å². The Morgan fingerprint density at radius 1 is 0.577 bits per heavy atom. The van der Waals surface area contributed by atoms with Gasteiger partial charge in [0, 0.05) is 0 Å². The van der Waals surface area contributed by atoms with Crippen molar-refractivity contribution >= 4 is 46.3 Å². The summed E-state index contributed by atoms with van der Waals surface area (Å²) in [5, 5.41) is 10.9. The fraction of sp³-hybridized carbons (Fsp3) is 0.224. The van der Waals surface area contributed by atoms with Crippen LogP contribution in [0.5, 0.6) is 0 Å². The Kier molecular flexibility index (Phi) is 14.3. The molecule has 0 atom stereocenters. The predicted octanol–water partition coefficient (Wildman–Crippen LogP) is 7.12. The Balaban J connectivity index is 0.000000199. The number of benzene rings is 6. The zero-order valence-corrected chi connectivity index (χ0v) is 35.2. The third kappa shape index (κ3) is 10.1. The average molecular weight is 799 g/mol. The van der Waals surface area contributed by atoms with Gasteiger partial charge in [-0.3, -0.25) is 6.08 Å². The summed E-state index contributed by atoms with van der Waals surface area (Å²) in [5.41, 5.74) is 6.09. The van der Waals surface area contributed by atoms with Crippen LogP contribution in [0.25, 0.3) is 43.1 Å². The van der Waals surface area contributed by atoms with Crippen molar-refractivity contribution in [3.05, 3.63) is 174 Å². The van der Waals surface area contributed by atoms with Crippen LogP contribution in [0.1, 0.15) is 70.2 Å².